The number of hydrogen-bond donors (Lipinski definition) is 1. The Morgan fingerprint density at radius 3 is 2.75 bits per heavy atom. The van der Waals surface area contributed by atoms with Crippen molar-refractivity contribution in [1.82, 2.24) is 15.2 Å². The third-order valence-corrected chi connectivity index (χ3v) is 3.92. The number of nitrogens with zero attached hydrogens (tertiary/aromatic N) is 2. The van der Waals surface area contributed by atoms with Gasteiger partial charge in [-0.15, -0.1) is 0 Å². The molecule has 4 nitrogen and oxygen atoms in total. The molecule has 0 spiro atoms. The molecule has 24 heavy (non-hydrogen) atoms. The molecule has 0 saturated heterocycles. The number of urea groups is 1. The summed E-state index contributed by atoms with van der Waals surface area (Å²) in [6.07, 6.45) is 3.72. The van der Waals surface area contributed by atoms with Crippen LogP contribution in [0.15, 0.2) is 42.7 Å². The summed E-state index contributed by atoms with van der Waals surface area (Å²) in [6.45, 7) is 4.64. The Bertz CT molecular complexity index is 679. The van der Waals surface area contributed by atoms with E-state index >= 15 is 0 Å². The van der Waals surface area contributed by atoms with Crippen molar-refractivity contribution in [2.75, 3.05) is 13.1 Å². The minimum Gasteiger partial charge on any atom is -0.338 e. The summed E-state index contributed by atoms with van der Waals surface area (Å²) in [6, 6.07) is 6.86. The molecule has 1 atom stereocenters. The highest BCUT2D eigenvalue weighted by Gasteiger charge is 2.19. The molecule has 1 aromatic heterocycles. The second-order valence-corrected chi connectivity index (χ2v) is 5.47. The molecule has 2 rings (SSSR count). The van der Waals surface area contributed by atoms with Gasteiger partial charge in [0.1, 0.15) is 11.6 Å². The second kappa shape index (κ2) is 8.38. The summed E-state index contributed by atoms with van der Waals surface area (Å²) in [5.41, 5.74) is 1.32. The first-order chi connectivity index (χ1) is 11.5. The summed E-state index contributed by atoms with van der Waals surface area (Å²) in [4.78, 5) is 18.1. The van der Waals surface area contributed by atoms with Crippen molar-refractivity contribution in [3.63, 3.8) is 0 Å². The monoisotopic (exact) mass is 333 g/mol. The molecule has 2 amide bonds. The fraction of sp³-hybridized carbons (Fsp3) is 0.333. The smallest absolute Gasteiger partial charge is 0.317 e. The van der Waals surface area contributed by atoms with Crippen molar-refractivity contribution in [2.45, 2.75) is 26.3 Å². The van der Waals surface area contributed by atoms with E-state index in [1.807, 2.05) is 26.0 Å². The number of hydrogen-bond acceptors (Lipinski definition) is 2. The van der Waals surface area contributed by atoms with Crippen molar-refractivity contribution in [3.05, 3.63) is 65.5 Å². The molecule has 0 saturated carbocycles. The van der Waals surface area contributed by atoms with Gasteiger partial charge in [0.25, 0.3) is 0 Å². The van der Waals surface area contributed by atoms with Crippen molar-refractivity contribution in [2.24, 2.45) is 0 Å². The van der Waals surface area contributed by atoms with E-state index in [0.717, 1.165) is 11.6 Å². The van der Waals surface area contributed by atoms with E-state index in [0.29, 0.717) is 18.5 Å². The number of aromatic nitrogens is 1. The highest BCUT2D eigenvalue weighted by molar-refractivity contribution is 5.74. The van der Waals surface area contributed by atoms with Gasteiger partial charge in [0.2, 0.25) is 0 Å². The lowest BCUT2D eigenvalue weighted by Crippen LogP contribution is -2.42. The van der Waals surface area contributed by atoms with Crippen LogP contribution in [0.3, 0.4) is 0 Å². The molecular formula is C18H21F2N3O. The van der Waals surface area contributed by atoms with Crippen molar-refractivity contribution >= 4 is 6.03 Å². The third-order valence-electron chi connectivity index (χ3n) is 3.92. The number of amides is 2. The van der Waals surface area contributed by atoms with E-state index in [4.69, 9.17) is 0 Å². The minimum atomic E-state index is -0.609. The third kappa shape index (κ3) is 4.50. The van der Waals surface area contributed by atoms with Gasteiger partial charge in [-0.1, -0.05) is 12.1 Å². The predicted molar refractivity (Wildman–Crippen MR) is 88.5 cm³/mol. The van der Waals surface area contributed by atoms with Crippen molar-refractivity contribution < 1.29 is 13.6 Å². The first-order valence-corrected chi connectivity index (χ1v) is 7.91. The number of pyridine rings is 1. The van der Waals surface area contributed by atoms with E-state index in [1.165, 1.54) is 12.1 Å². The van der Waals surface area contributed by atoms with Crippen LogP contribution >= 0.6 is 0 Å². The maximum atomic E-state index is 13.6. The second-order valence-electron chi connectivity index (χ2n) is 5.47. The zero-order valence-corrected chi connectivity index (χ0v) is 13.8. The summed E-state index contributed by atoms with van der Waals surface area (Å²) in [5, 5.41) is 2.78. The minimum absolute atomic E-state index is 0.119. The van der Waals surface area contributed by atoms with Crippen LogP contribution in [-0.4, -0.2) is 29.0 Å². The Labute approximate surface area is 140 Å². The van der Waals surface area contributed by atoms with E-state index in [-0.39, 0.29) is 18.6 Å². The van der Waals surface area contributed by atoms with Gasteiger partial charge in [-0.3, -0.25) is 4.98 Å². The van der Waals surface area contributed by atoms with Gasteiger partial charge in [0, 0.05) is 31.5 Å². The fourth-order valence-corrected chi connectivity index (χ4v) is 2.53. The lowest BCUT2D eigenvalue weighted by Gasteiger charge is -2.28. The van der Waals surface area contributed by atoms with Crippen LogP contribution in [0.1, 0.15) is 31.0 Å². The molecule has 0 fully saturated rings. The Morgan fingerprint density at radius 1 is 1.33 bits per heavy atom. The molecule has 128 valence electrons. The average molecular weight is 333 g/mol. The van der Waals surface area contributed by atoms with Gasteiger partial charge in [-0.25, -0.2) is 13.6 Å². The maximum Gasteiger partial charge on any atom is 0.317 e. The molecular weight excluding hydrogens is 312 g/mol. The first kappa shape index (κ1) is 17.8. The number of benzene rings is 1. The maximum absolute atomic E-state index is 13.6. The topological polar surface area (TPSA) is 45.2 Å². The average Bonchev–Trinajstić information content (AvgIpc) is 2.58. The Morgan fingerprint density at radius 2 is 2.12 bits per heavy atom. The van der Waals surface area contributed by atoms with Gasteiger partial charge in [-0.05, 0) is 43.5 Å². The molecule has 0 aliphatic rings. The van der Waals surface area contributed by atoms with Gasteiger partial charge >= 0.3 is 6.03 Å². The highest BCUT2D eigenvalue weighted by Crippen LogP contribution is 2.18. The largest absolute Gasteiger partial charge is 0.338 e. The normalized spacial score (nSPS) is 11.8. The molecule has 1 heterocycles. The zero-order chi connectivity index (χ0) is 17.5. The van der Waals surface area contributed by atoms with Crippen LogP contribution in [0.5, 0.6) is 0 Å². The molecule has 6 heteroatoms. The number of rotatable bonds is 6. The number of nitrogens with one attached hydrogen (secondary N) is 1. The summed E-state index contributed by atoms with van der Waals surface area (Å²) < 4.78 is 26.5. The first-order valence-electron chi connectivity index (χ1n) is 7.91. The van der Waals surface area contributed by atoms with E-state index in [1.54, 1.807) is 17.3 Å². The van der Waals surface area contributed by atoms with Crippen LogP contribution in [-0.2, 0) is 6.42 Å². The zero-order valence-electron chi connectivity index (χ0n) is 13.8. The number of halogens is 2. The standard InChI is InChI=1S/C18H21F2N3O/c1-3-23(13(2)15-5-4-9-21-12-15)18(24)22-10-8-14-6-7-16(19)11-17(14)20/h4-7,9,11-13H,3,8,10H2,1-2H3,(H,22,24). The van der Waals surface area contributed by atoms with Crippen LogP contribution in [0.2, 0.25) is 0 Å². The molecule has 0 bridgehead atoms. The summed E-state index contributed by atoms with van der Waals surface area (Å²) >= 11 is 0. The van der Waals surface area contributed by atoms with Gasteiger partial charge in [0.15, 0.2) is 0 Å². The molecule has 0 radical (unpaired) electrons. The predicted octanol–water partition coefficient (Wildman–Crippen LogP) is 3.70. The molecule has 0 aliphatic heterocycles. The quantitative estimate of drug-likeness (QED) is 0.876. The molecule has 1 N–H and O–H groups in total. The van der Waals surface area contributed by atoms with Gasteiger partial charge < -0.3 is 10.2 Å². The lowest BCUT2D eigenvalue weighted by atomic mass is 10.1. The van der Waals surface area contributed by atoms with Gasteiger partial charge in [0.05, 0.1) is 6.04 Å². The lowest BCUT2D eigenvalue weighted by molar-refractivity contribution is 0.183. The van der Waals surface area contributed by atoms with Crippen LogP contribution in [0.25, 0.3) is 0 Å². The summed E-state index contributed by atoms with van der Waals surface area (Å²) in [5.74, 6) is -1.21. The van der Waals surface area contributed by atoms with E-state index in [9.17, 15) is 13.6 Å². The van der Waals surface area contributed by atoms with Crippen molar-refractivity contribution in [1.29, 1.82) is 0 Å². The van der Waals surface area contributed by atoms with Gasteiger partial charge in [-0.2, -0.15) is 0 Å². The molecule has 2 aromatic rings. The molecule has 1 unspecified atom stereocenters. The van der Waals surface area contributed by atoms with E-state index in [2.05, 4.69) is 10.3 Å². The Hall–Kier alpha value is -2.50. The number of carbonyl (C=O) groups excluding carboxylic acids is 1. The molecule has 1 aromatic carbocycles. The molecule has 0 aliphatic carbocycles. The summed E-state index contributed by atoms with van der Waals surface area (Å²) in [7, 11) is 0. The fourth-order valence-electron chi connectivity index (χ4n) is 2.53. The Balaban J connectivity index is 1.92. The SMILES string of the molecule is CCN(C(=O)NCCc1ccc(F)cc1F)C(C)c1cccnc1. The van der Waals surface area contributed by atoms with Crippen molar-refractivity contribution in [3.8, 4) is 0 Å². The highest BCUT2D eigenvalue weighted by atomic mass is 19.1. The Kier molecular flexibility index (Phi) is 6.23. The van der Waals surface area contributed by atoms with E-state index < -0.39 is 11.6 Å². The van der Waals surface area contributed by atoms with Crippen LogP contribution in [0.4, 0.5) is 13.6 Å². The number of carbonyl (C=O) groups is 1. The van der Waals surface area contributed by atoms with Crippen LogP contribution in [0, 0.1) is 11.6 Å². The van der Waals surface area contributed by atoms with Crippen LogP contribution < -0.4 is 5.32 Å².